The topological polar surface area (TPSA) is 54.2 Å². The number of ketones is 1. The van der Waals surface area contributed by atoms with Crippen LogP contribution in [0.4, 0.5) is 0 Å². The molecule has 1 fully saturated rings. The van der Waals surface area contributed by atoms with E-state index in [2.05, 4.69) is 19.6 Å². The number of carbonyl (C=O) groups excluding carboxylic acids is 1. The Morgan fingerprint density at radius 2 is 2.05 bits per heavy atom. The number of allylic oxidation sites excluding steroid dienone is 1. The minimum atomic E-state index is -3.23. The largest absolute Gasteiger partial charge is 0.293 e. The highest BCUT2D eigenvalue weighted by molar-refractivity contribution is 7.89. The quantitative estimate of drug-likeness (QED) is 0.559. The van der Waals surface area contributed by atoms with Gasteiger partial charge in [0, 0.05) is 14.6 Å². The molecule has 0 radical (unpaired) electrons. The van der Waals surface area contributed by atoms with Crippen LogP contribution in [0.25, 0.3) is 0 Å². The number of nitrogens with zero attached hydrogens (tertiary/aromatic N) is 1. The summed E-state index contributed by atoms with van der Waals surface area (Å²) in [6.45, 7) is 6.89. The monoisotopic (exact) mass is 315 g/mol. The summed E-state index contributed by atoms with van der Waals surface area (Å²) >= 11 is 0. The molecule has 2 aliphatic rings. The first-order valence-electron chi connectivity index (χ1n) is 7.43. The molecule has 1 unspecified atom stereocenters. The van der Waals surface area contributed by atoms with E-state index in [1.54, 1.807) is 0 Å². The summed E-state index contributed by atoms with van der Waals surface area (Å²) in [5.41, 5.74) is 0.851. The molecule has 20 heavy (non-hydrogen) atoms. The molecule has 1 heterocycles. The molecule has 6 heteroatoms. The van der Waals surface area contributed by atoms with Crippen LogP contribution in [-0.2, 0) is 14.8 Å². The minimum Gasteiger partial charge on any atom is -0.293 e. The summed E-state index contributed by atoms with van der Waals surface area (Å²) in [4.78, 5) is 12.3. The van der Waals surface area contributed by atoms with Gasteiger partial charge in [0.05, 0.1) is 5.75 Å². The van der Waals surface area contributed by atoms with Gasteiger partial charge in [-0.1, -0.05) is 25.7 Å². The minimum absolute atomic E-state index is 0.0429. The third kappa shape index (κ3) is 4.02. The Morgan fingerprint density at radius 3 is 2.60 bits per heavy atom. The number of hydrogen-bond donors (Lipinski definition) is 0. The van der Waals surface area contributed by atoms with Gasteiger partial charge in [-0.05, 0) is 37.3 Å². The second kappa shape index (κ2) is 5.73. The molecule has 114 valence electrons. The Labute approximate surface area is 123 Å². The van der Waals surface area contributed by atoms with Crippen molar-refractivity contribution in [3.05, 3.63) is 11.6 Å². The van der Waals surface area contributed by atoms with E-state index in [0.717, 1.165) is 37.3 Å². The fourth-order valence-electron chi connectivity index (χ4n) is 2.47. The van der Waals surface area contributed by atoms with Crippen molar-refractivity contribution < 1.29 is 13.2 Å². The number of carbonyl (C=O) groups is 1. The third-order valence-electron chi connectivity index (χ3n) is 3.94. The van der Waals surface area contributed by atoms with Gasteiger partial charge in [-0.3, -0.25) is 4.79 Å². The van der Waals surface area contributed by atoms with E-state index in [1.807, 2.05) is 6.08 Å². The Bertz CT molecular complexity index is 519. The summed E-state index contributed by atoms with van der Waals surface area (Å²) in [6.07, 6.45) is 5.96. The van der Waals surface area contributed by atoms with Crippen LogP contribution in [0.1, 0.15) is 25.7 Å². The van der Waals surface area contributed by atoms with E-state index in [-0.39, 0.29) is 11.5 Å². The molecule has 0 bridgehead atoms. The van der Waals surface area contributed by atoms with Gasteiger partial charge in [-0.15, -0.1) is 0 Å². The van der Waals surface area contributed by atoms with Crippen LogP contribution in [0.5, 0.6) is 0 Å². The van der Waals surface area contributed by atoms with E-state index in [0.29, 0.717) is 6.54 Å². The van der Waals surface area contributed by atoms with Crippen LogP contribution in [0.2, 0.25) is 25.7 Å². The number of hydrogen-bond acceptors (Lipinski definition) is 3. The van der Waals surface area contributed by atoms with Crippen molar-refractivity contribution >= 4 is 23.9 Å². The highest BCUT2D eigenvalue weighted by atomic mass is 32.2. The Balaban J connectivity index is 1.93. The standard InChI is InChI=1S/C14H25NO3SSi/c1-20(2,3)10-9-19(17,18)15-11-13(15)14(16)12-7-5-4-6-8-12/h7,13H,4-6,8-11H2,1-3H3/t13-,15?/m1/s1. The second-order valence-corrected chi connectivity index (χ2v) is 14.7. The molecule has 0 amide bonds. The molecule has 0 aromatic carbocycles. The smallest absolute Gasteiger partial charge is 0.214 e. The molecule has 0 aromatic heterocycles. The van der Waals surface area contributed by atoms with Crippen molar-refractivity contribution in [2.75, 3.05) is 12.3 Å². The Hall–Kier alpha value is -0.463. The van der Waals surface area contributed by atoms with E-state index < -0.39 is 24.1 Å². The van der Waals surface area contributed by atoms with Crippen LogP contribution in [0.3, 0.4) is 0 Å². The second-order valence-electron chi connectivity index (χ2n) is 7.05. The molecule has 0 spiro atoms. The summed E-state index contributed by atoms with van der Waals surface area (Å²) in [5.74, 6) is 0.243. The average Bonchev–Trinajstić information content (AvgIpc) is 3.17. The lowest BCUT2D eigenvalue weighted by molar-refractivity contribution is -0.115. The molecule has 1 aliphatic carbocycles. The molecule has 2 rings (SSSR count). The molecular formula is C14H25NO3SSi. The van der Waals surface area contributed by atoms with Crippen molar-refractivity contribution in [3.63, 3.8) is 0 Å². The van der Waals surface area contributed by atoms with Crippen LogP contribution < -0.4 is 0 Å². The van der Waals surface area contributed by atoms with Crippen molar-refractivity contribution in [2.24, 2.45) is 0 Å². The van der Waals surface area contributed by atoms with Gasteiger partial charge in [-0.2, -0.15) is 4.31 Å². The van der Waals surface area contributed by atoms with Gasteiger partial charge in [-0.25, -0.2) is 8.42 Å². The summed E-state index contributed by atoms with van der Waals surface area (Å²) in [6, 6.07) is 0.362. The van der Waals surface area contributed by atoms with E-state index in [4.69, 9.17) is 0 Å². The lowest BCUT2D eigenvalue weighted by Gasteiger charge is -2.16. The van der Waals surface area contributed by atoms with E-state index >= 15 is 0 Å². The predicted molar refractivity (Wildman–Crippen MR) is 84.0 cm³/mol. The Morgan fingerprint density at radius 1 is 1.35 bits per heavy atom. The van der Waals surface area contributed by atoms with Gasteiger partial charge in [0.25, 0.3) is 0 Å². The van der Waals surface area contributed by atoms with E-state index in [9.17, 15) is 13.2 Å². The van der Waals surface area contributed by atoms with Crippen molar-refractivity contribution in [3.8, 4) is 0 Å². The normalized spacial score (nSPS) is 27.1. The lowest BCUT2D eigenvalue weighted by Crippen LogP contribution is -2.28. The first-order valence-corrected chi connectivity index (χ1v) is 12.8. The van der Waals surface area contributed by atoms with Crippen molar-refractivity contribution in [1.82, 2.24) is 4.31 Å². The maximum Gasteiger partial charge on any atom is 0.214 e. The van der Waals surface area contributed by atoms with Crippen LogP contribution in [0.15, 0.2) is 11.6 Å². The zero-order valence-electron chi connectivity index (χ0n) is 12.7. The average molecular weight is 316 g/mol. The van der Waals surface area contributed by atoms with Crippen molar-refractivity contribution in [2.45, 2.75) is 57.4 Å². The molecular weight excluding hydrogens is 290 g/mol. The lowest BCUT2D eigenvalue weighted by atomic mass is 9.95. The van der Waals surface area contributed by atoms with Crippen LogP contribution >= 0.6 is 0 Å². The fourth-order valence-corrected chi connectivity index (χ4v) is 7.04. The van der Waals surface area contributed by atoms with Crippen LogP contribution in [0, 0.1) is 0 Å². The SMILES string of the molecule is C[Si](C)(C)CCS(=O)(=O)N1C[C@@H]1C(=O)C1=CCCCC1. The molecule has 1 saturated heterocycles. The fraction of sp³-hybridized carbons (Fsp3) is 0.786. The molecule has 2 atom stereocenters. The van der Waals surface area contributed by atoms with Gasteiger partial charge in [0.1, 0.15) is 6.04 Å². The zero-order valence-corrected chi connectivity index (χ0v) is 14.5. The zero-order chi connectivity index (χ0) is 15.0. The van der Waals surface area contributed by atoms with Gasteiger partial charge in [0.15, 0.2) is 5.78 Å². The molecule has 0 N–H and O–H groups in total. The van der Waals surface area contributed by atoms with Crippen LogP contribution in [-0.4, -0.2) is 44.9 Å². The molecule has 1 aliphatic heterocycles. The Kier molecular flexibility index (Phi) is 4.56. The van der Waals surface area contributed by atoms with Crippen molar-refractivity contribution in [1.29, 1.82) is 0 Å². The number of rotatable bonds is 6. The summed E-state index contributed by atoms with van der Waals surface area (Å²) < 4.78 is 25.8. The predicted octanol–water partition coefficient (Wildman–Crippen LogP) is 2.41. The summed E-state index contributed by atoms with van der Waals surface area (Å²) in [7, 11) is -4.60. The van der Waals surface area contributed by atoms with Gasteiger partial charge < -0.3 is 0 Å². The molecule has 4 nitrogen and oxygen atoms in total. The van der Waals surface area contributed by atoms with Gasteiger partial charge in [0.2, 0.25) is 10.0 Å². The molecule has 0 aromatic rings. The first-order chi connectivity index (χ1) is 9.21. The first kappa shape index (κ1) is 15.9. The highest BCUT2D eigenvalue weighted by Crippen LogP contribution is 2.30. The summed E-state index contributed by atoms with van der Waals surface area (Å²) in [5, 5.41) is 0. The number of sulfonamides is 1. The number of Topliss-reactive ketones (excluding diaryl/α,β-unsaturated/α-hetero) is 1. The third-order valence-corrected chi connectivity index (χ3v) is 7.89. The highest BCUT2D eigenvalue weighted by Gasteiger charge is 2.48. The maximum atomic E-state index is 12.3. The maximum absolute atomic E-state index is 12.3. The van der Waals surface area contributed by atoms with E-state index in [1.165, 1.54) is 4.31 Å². The molecule has 0 saturated carbocycles. The van der Waals surface area contributed by atoms with Gasteiger partial charge >= 0.3 is 0 Å².